The second kappa shape index (κ2) is 1.45. The van der Waals surface area contributed by atoms with Gasteiger partial charge in [-0.15, -0.1) is 5.10 Å². The predicted molar refractivity (Wildman–Crippen MR) is 19.8 cm³/mol. The van der Waals surface area contributed by atoms with E-state index in [9.17, 15) is 0 Å². The Labute approximate surface area is 36.5 Å². The molecule has 0 fully saturated rings. The molecule has 0 spiro atoms. The van der Waals surface area contributed by atoms with Crippen LogP contribution < -0.4 is 0 Å². The Morgan fingerprint density at radius 3 is 2.83 bits per heavy atom. The summed E-state index contributed by atoms with van der Waals surface area (Å²) in [5, 5.41) is 6.67. The lowest BCUT2D eigenvalue weighted by atomic mass is 10.9. The van der Waals surface area contributed by atoms with Crippen molar-refractivity contribution in [3.8, 4) is 0 Å². The minimum absolute atomic E-state index is 0.0995. The molecule has 0 radical (unpaired) electrons. The topological polar surface area (TPSA) is 38.7 Å². The fraction of sp³-hybridized carbons (Fsp3) is 0. The minimum atomic E-state index is 0.0995. The van der Waals surface area contributed by atoms with Crippen molar-refractivity contribution in [2.24, 2.45) is 0 Å². The van der Waals surface area contributed by atoms with Gasteiger partial charge < -0.3 is 0 Å². The Hall–Kier alpha value is -0.990. The van der Waals surface area contributed by atoms with Gasteiger partial charge in [0.2, 0.25) is 0 Å². The third-order valence-electron chi connectivity index (χ3n) is 0.366. The molecule has 0 aliphatic rings. The van der Waals surface area contributed by atoms with Crippen LogP contribution in [0.5, 0.6) is 0 Å². The number of nitrogens with zero attached hydrogens (tertiary/aromatic N) is 3. The molecule has 30 valence electrons. The van der Waals surface area contributed by atoms with E-state index in [1.807, 2.05) is 0 Å². The highest BCUT2D eigenvalue weighted by Gasteiger charge is 1.60. The van der Waals surface area contributed by atoms with Crippen molar-refractivity contribution in [1.29, 1.82) is 0 Å². The molecular formula is C3H3N3. The first-order chi connectivity index (χ1) is 3.39. The summed E-state index contributed by atoms with van der Waals surface area (Å²) in [5.74, 6) is 0. The quantitative estimate of drug-likeness (QED) is 0.437. The van der Waals surface area contributed by atoms with Crippen molar-refractivity contribution < 1.29 is 1.37 Å². The Morgan fingerprint density at radius 2 is 2.50 bits per heavy atom. The van der Waals surface area contributed by atoms with E-state index in [1.165, 1.54) is 12.5 Å². The highest BCUT2D eigenvalue weighted by molar-refractivity contribution is 4.59. The van der Waals surface area contributed by atoms with Crippen LogP contribution in [0, 0.1) is 0 Å². The van der Waals surface area contributed by atoms with Crippen molar-refractivity contribution in [2.75, 3.05) is 0 Å². The minimum Gasteiger partial charge on any atom is -0.241 e. The van der Waals surface area contributed by atoms with E-state index in [1.54, 1.807) is 0 Å². The first-order valence-electron chi connectivity index (χ1n) is 1.99. The van der Waals surface area contributed by atoms with Crippen LogP contribution >= 0.6 is 0 Å². The SMILES string of the molecule is [2H]c1cncnn1. The van der Waals surface area contributed by atoms with Gasteiger partial charge in [-0.2, -0.15) is 5.10 Å². The third kappa shape index (κ3) is 0.484. The summed E-state index contributed by atoms with van der Waals surface area (Å²) in [7, 11) is 0. The van der Waals surface area contributed by atoms with Gasteiger partial charge in [-0.3, -0.25) is 0 Å². The van der Waals surface area contributed by atoms with Crippen LogP contribution in [0.15, 0.2) is 18.7 Å². The Bertz CT molecular complexity index is 140. The molecule has 6 heavy (non-hydrogen) atoms. The standard InChI is InChI=1S/C3H3N3/c1-2-5-6-3-4-1/h1-3H/i2D. The largest absolute Gasteiger partial charge is 0.241 e. The van der Waals surface area contributed by atoms with Gasteiger partial charge in [0.15, 0.2) is 0 Å². The first-order valence-corrected chi connectivity index (χ1v) is 1.49. The van der Waals surface area contributed by atoms with E-state index in [2.05, 4.69) is 15.2 Å². The smallest absolute Gasteiger partial charge is 0.138 e. The predicted octanol–water partition coefficient (Wildman–Crippen LogP) is -0.128. The van der Waals surface area contributed by atoms with Crippen molar-refractivity contribution >= 4 is 0 Å². The Kier molecular flexibility index (Phi) is 0.538. The molecule has 0 aliphatic heterocycles. The maximum absolute atomic E-state index is 6.76. The van der Waals surface area contributed by atoms with E-state index in [-0.39, 0.29) is 6.17 Å². The summed E-state index contributed by atoms with van der Waals surface area (Å²) >= 11 is 0. The number of hydrogen-bond donors (Lipinski definition) is 0. The van der Waals surface area contributed by atoms with Crippen LogP contribution in [-0.2, 0) is 0 Å². The van der Waals surface area contributed by atoms with Crippen LogP contribution in [0.2, 0.25) is 0 Å². The lowest BCUT2D eigenvalue weighted by Crippen LogP contribution is -1.75. The maximum atomic E-state index is 6.76. The molecule has 1 aromatic rings. The van der Waals surface area contributed by atoms with Gasteiger partial charge in [0.1, 0.15) is 6.33 Å². The fourth-order valence-electron chi connectivity index (χ4n) is 0.181. The average Bonchev–Trinajstić information content (AvgIpc) is 1.69. The molecule has 1 aromatic heterocycles. The van der Waals surface area contributed by atoms with Crippen molar-refractivity contribution in [3.05, 3.63) is 18.7 Å². The third-order valence-corrected chi connectivity index (χ3v) is 0.366. The van der Waals surface area contributed by atoms with Gasteiger partial charge in [0.25, 0.3) is 0 Å². The second-order valence-electron chi connectivity index (χ2n) is 0.738. The molecule has 0 bridgehead atoms. The maximum Gasteiger partial charge on any atom is 0.138 e. The van der Waals surface area contributed by atoms with Gasteiger partial charge in [-0.1, -0.05) is 0 Å². The average molecular weight is 82.1 g/mol. The van der Waals surface area contributed by atoms with E-state index >= 15 is 0 Å². The summed E-state index contributed by atoms with van der Waals surface area (Å²) in [6, 6.07) is 0. The van der Waals surface area contributed by atoms with E-state index in [0.717, 1.165) is 0 Å². The summed E-state index contributed by atoms with van der Waals surface area (Å²) in [6.07, 6.45) is 2.72. The van der Waals surface area contributed by atoms with Gasteiger partial charge in [-0.25, -0.2) is 4.98 Å². The molecular weight excluding hydrogens is 78.1 g/mol. The summed E-state index contributed by atoms with van der Waals surface area (Å²) < 4.78 is 6.76. The van der Waals surface area contributed by atoms with Crippen LogP contribution in [-0.4, -0.2) is 15.2 Å². The second-order valence-corrected chi connectivity index (χ2v) is 0.738. The first kappa shape index (κ1) is 2.23. The van der Waals surface area contributed by atoms with Crippen LogP contribution in [0.3, 0.4) is 0 Å². The molecule has 0 amide bonds. The Morgan fingerprint density at radius 1 is 1.50 bits per heavy atom. The van der Waals surface area contributed by atoms with Gasteiger partial charge in [-0.05, 0) is 0 Å². The van der Waals surface area contributed by atoms with Crippen LogP contribution in [0.4, 0.5) is 0 Å². The summed E-state index contributed by atoms with van der Waals surface area (Å²) in [4.78, 5) is 3.52. The zero-order chi connectivity index (χ0) is 5.11. The lowest BCUT2D eigenvalue weighted by Gasteiger charge is -1.69. The summed E-state index contributed by atoms with van der Waals surface area (Å²) in [6.45, 7) is 0. The molecule has 1 heterocycles. The van der Waals surface area contributed by atoms with E-state index in [4.69, 9.17) is 1.37 Å². The zero-order valence-electron chi connectivity index (χ0n) is 4.00. The van der Waals surface area contributed by atoms with Crippen molar-refractivity contribution in [2.45, 2.75) is 0 Å². The fourth-order valence-corrected chi connectivity index (χ4v) is 0.181. The number of hydrogen-bond acceptors (Lipinski definition) is 3. The van der Waals surface area contributed by atoms with Crippen molar-refractivity contribution in [1.82, 2.24) is 15.2 Å². The number of rotatable bonds is 0. The summed E-state index contributed by atoms with van der Waals surface area (Å²) in [5.41, 5.74) is 0. The molecule has 0 unspecified atom stereocenters. The Balaban J connectivity index is 3.02. The molecule has 3 nitrogen and oxygen atoms in total. The monoisotopic (exact) mass is 82.0 g/mol. The molecule has 0 atom stereocenters. The van der Waals surface area contributed by atoms with Crippen LogP contribution in [0.25, 0.3) is 0 Å². The normalized spacial score (nSPS) is 10.3. The molecule has 0 N–H and O–H groups in total. The van der Waals surface area contributed by atoms with Gasteiger partial charge in [0, 0.05) is 6.20 Å². The highest BCUT2D eigenvalue weighted by atomic mass is 15.1. The van der Waals surface area contributed by atoms with E-state index in [0.29, 0.717) is 0 Å². The highest BCUT2D eigenvalue weighted by Crippen LogP contribution is 1.59. The number of aromatic nitrogens is 3. The lowest BCUT2D eigenvalue weighted by molar-refractivity contribution is 0.969. The molecule has 1 rings (SSSR count). The molecule has 0 aliphatic carbocycles. The zero-order valence-corrected chi connectivity index (χ0v) is 3.00. The molecule has 0 aromatic carbocycles. The molecule has 3 heteroatoms. The molecule has 0 saturated carbocycles. The van der Waals surface area contributed by atoms with Gasteiger partial charge in [0.05, 0.1) is 7.54 Å². The van der Waals surface area contributed by atoms with Crippen molar-refractivity contribution in [3.63, 3.8) is 0 Å². The van der Waals surface area contributed by atoms with Crippen LogP contribution in [0.1, 0.15) is 1.37 Å². The van der Waals surface area contributed by atoms with E-state index < -0.39 is 0 Å². The molecule has 0 saturated heterocycles. The van der Waals surface area contributed by atoms with Gasteiger partial charge >= 0.3 is 0 Å².